The van der Waals surface area contributed by atoms with Crippen molar-refractivity contribution in [3.8, 4) is 0 Å². The van der Waals surface area contributed by atoms with E-state index in [-0.39, 0.29) is 0 Å². The molecule has 5 heteroatoms. The second-order valence-electron chi connectivity index (χ2n) is 5.67. The molecule has 0 aliphatic rings. The highest BCUT2D eigenvalue weighted by molar-refractivity contribution is 9.10. The van der Waals surface area contributed by atoms with Crippen LogP contribution in [0.5, 0.6) is 0 Å². The summed E-state index contributed by atoms with van der Waals surface area (Å²) in [6.45, 7) is 4.97. The van der Waals surface area contributed by atoms with Crippen LogP contribution in [0.1, 0.15) is 57.3 Å². The molecule has 0 spiro atoms. The first-order valence-corrected chi connectivity index (χ1v) is 8.74. The minimum atomic E-state index is 0.291. The first-order chi connectivity index (χ1) is 10.0. The lowest BCUT2D eigenvalue weighted by Crippen LogP contribution is -2.13. The number of ketones is 1. The topological polar surface area (TPSA) is 60.9 Å². The van der Waals surface area contributed by atoms with Gasteiger partial charge in [0.05, 0.1) is 15.9 Å². The van der Waals surface area contributed by atoms with Crippen LogP contribution in [-0.2, 0) is 24.7 Å². The van der Waals surface area contributed by atoms with E-state index < -0.39 is 0 Å². The Morgan fingerprint density at radius 3 is 2.57 bits per heavy atom. The van der Waals surface area contributed by atoms with Gasteiger partial charge < -0.3 is 5.73 Å². The molecular weight excluding hydrogens is 330 g/mol. The third-order valence-corrected chi connectivity index (χ3v) is 4.89. The predicted octanol–water partition coefficient (Wildman–Crippen LogP) is 3.40. The highest BCUT2D eigenvalue weighted by Crippen LogP contribution is 2.23. The van der Waals surface area contributed by atoms with E-state index in [1.54, 1.807) is 0 Å². The summed E-state index contributed by atoms with van der Waals surface area (Å²) in [6.07, 6.45) is 6.29. The molecule has 0 aliphatic heterocycles. The fourth-order valence-electron chi connectivity index (χ4n) is 2.73. The summed E-state index contributed by atoms with van der Waals surface area (Å²) in [6, 6.07) is 0. The molecule has 0 saturated heterocycles. The van der Waals surface area contributed by atoms with Crippen molar-refractivity contribution in [1.29, 1.82) is 0 Å². The van der Waals surface area contributed by atoms with E-state index >= 15 is 0 Å². The van der Waals surface area contributed by atoms with Gasteiger partial charge in [-0.15, -0.1) is 0 Å². The minimum Gasteiger partial charge on any atom is -0.330 e. The van der Waals surface area contributed by atoms with Gasteiger partial charge in [-0.3, -0.25) is 9.48 Å². The fraction of sp³-hybridized carbons (Fsp3) is 0.750. The van der Waals surface area contributed by atoms with Gasteiger partial charge in [0.15, 0.2) is 0 Å². The zero-order chi connectivity index (χ0) is 15.8. The largest absolute Gasteiger partial charge is 0.330 e. The van der Waals surface area contributed by atoms with Crippen LogP contribution < -0.4 is 5.73 Å². The van der Waals surface area contributed by atoms with Crippen LogP contribution in [0.15, 0.2) is 4.47 Å². The highest BCUT2D eigenvalue weighted by atomic mass is 79.9. The Morgan fingerprint density at radius 1 is 1.33 bits per heavy atom. The number of halogens is 1. The summed E-state index contributed by atoms with van der Waals surface area (Å²) < 4.78 is 2.82. The van der Waals surface area contributed by atoms with Gasteiger partial charge in [0.25, 0.3) is 0 Å². The second-order valence-corrected chi connectivity index (χ2v) is 6.46. The lowest BCUT2D eigenvalue weighted by atomic mass is 9.93. The molecule has 0 radical (unpaired) electrons. The molecule has 0 aliphatic carbocycles. The summed E-state index contributed by atoms with van der Waals surface area (Å²) in [4.78, 5) is 12.2. The number of nitrogens with two attached hydrogens (primary N) is 1. The molecule has 0 fully saturated rings. The normalized spacial score (nSPS) is 12.6. The lowest BCUT2D eigenvalue weighted by molar-refractivity contribution is -0.118. The molecule has 120 valence electrons. The lowest BCUT2D eigenvalue weighted by Gasteiger charge is -2.14. The molecular formula is C16H28BrN3O. The van der Waals surface area contributed by atoms with Crippen LogP contribution in [-0.4, -0.2) is 22.1 Å². The molecule has 0 aromatic carbocycles. The molecule has 1 aromatic heterocycles. The van der Waals surface area contributed by atoms with E-state index in [0.717, 1.165) is 41.5 Å². The van der Waals surface area contributed by atoms with Crippen molar-refractivity contribution < 1.29 is 4.79 Å². The summed E-state index contributed by atoms with van der Waals surface area (Å²) in [5, 5.41) is 4.44. The number of carbonyl (C=O) groups excluding carboxylic acids is 1. The van der Waals surface area contributed by atoms with Gasteiger partial charge in [-0.2, -0.15) is 5.10 Å². The fourth-order valence-corrected chi connectivity index (χ4v) is 3.49. The molecule has 0 amide bonds. The molecule has 21 heavy (non-hydrogen) atoms. The number of carbonyl (C=O) groups is 1. The highest BCUT2D eigenvalue weighted by Gasteiger charge is 2.17. The van der Waals surface area contributed by atoms with Gasteiger partial charge in [0.2, 0.25) is 0 Å². The number of rotatable bonds is 10. The van der Waals surface area contributed by atoms with Crippen molar-refractivity contribution >= 4 is 21.7 Å². The third-order valence-electron chi connectivity index (χ3n) is 3.97. The van der Waals surface area contributed by atoms with Gasteiger partial charge in [-0.1, -0.05) is 26.7 Å². The Hall–Kier alpha value is -0.680. The van der Waals surface area contributed by atoms with Crippen LogP contribution in [0.4, 0.5) is 0 Å². The molecule has 1 atom stereocenters. The van der Waals surface area contributed by atoms with Crippen molar-refractivity contribution in [3.05, 3.63) is 15.9 Å². The number of nitrogens with zero attached hydrogens (tertiary/aromatic N) is 2. The van der Waals surface area contributed by atoms with Crippen LogP contribution in [0, 0.1) is 5.92 Å². The van der Waals surface area contributed by atoms with Crippen molar-refractivity contribution in [2.24, 2.45) is 18.7 Å². The van der Waals surface area contributed by atoms with Crippen LogP contribution in [0.2, 0.25) is 0 Å². The molecule has 0 saturated carbocycles. The molecule has 1 aromatic rings. The molecule has 1 rings (SSSR count). The van der Waals surface area contributed by atoms with E-state index in [2.05, 4.69) is 34.9 Å². The van der Waals surface area contributed by atoms with E-state index in [1.165, 1.54) is 6.42 Å². The predicted molar refractivity (Wildman–Crippen MR) is 90.3 cm³/mol. The quantitative estimate of drug-likeness (QED) is 0.697. The van der Waals surface area contributed by atoms with E-state index in [1.807, 2.05) is 11.7 Å². The number of Topliss-reactive ketones (excluding diaryl/α,β-unsaturated/α-hetero) is 1. The number of aryl methyl sites for hydroxylation is 2. The van der Waals surface area contributed by atoms with Gasteiger partial charge in [-0.25, -0.2) is 0 Å². The van der Waals surface area contributed by atoms with E-state index in [9.17, 15) is 4.79 Å². The maximum Gasteiger partial charge on any atom is 0.138 e. The summed E-state index contributed by atoms with van der Waals surface area (Å²) in [7, 11) is 1.90. The van der Waals surface area contributed by atoms with E-state index in [4.69, 9.17) is 5.73 Å². The SMILES string of the molecule is CCCC(CCN)CCC(=O)Cc1c(Br)c(CC)nn1C. The van der Waals surface area contributed by atoms with Crippen molar-refractivity contribution in [2.45, 2.75) is 58.8 Å². The zero-order valence-electron chi connectivity index (χ0n) is 13.5. The smallest absolute Gasteiger partial charge is 0.138 e. The Balaban J connectivity index is 2.55. The van der Waals surface area contributed by atoms with Gasteiger partial charge in [0.1, 0.15) is 5.78 Å². The molecule has 4 nitrogen and oxygen atoms in total. The summed E-state index contributed by atoms with van der Waals surface area (Å²) in [5.74, 6) is 0.879. The summed E-state index contributed by atoms with van der Waals surface area (Å²) >= 11 is 3.57. The Labute approximate surface area is 136 Å². The van der Waals surface area contributed by atoms with E-state index in [0.29, 0.717) is 31.1 Å². The molecule has 2 N–H and O–H groups in total. The Morgan fingerprint density at radius 2 is 2.05 bits per heavy atom. The number of aromatic nitrogens is 2. The van der Waals surface area contributed by atoms with Crippen LogP contribution >= 0.6 is 15.9 Å². The number of hydrogen-bond donors (Lipinski definition) is 1. The average Bonchev–Trinajstić information content (AvgIpc) is 2.72. The first-order valence-electron chi connectivity index (χ1n) is 7.95. The maximum atomic E-state index is 12.2. The van der Waals surface area contributed by atoms with Crippen LogP contribution in [0.3, 0.4) is 0 Å². The molecule has 0 bridgehead atoms. The Bertz CT molecular complexity index is 451. The minimum absolute atomic E-state index is 0.291. The van der Waals surface area contributed by atoms with Gasteiger partial charge in [-0.05, 0) is 47.7 Å². The van der Waals surface area contributed by atoms with Gasteiger partial charge >= 0.3 is 0 Å². The first kappa shape index (κ1) is 18.4. The van der Waals surface area contributed by atoms with Crippen LogP contribution in [0.25, 0.3) is 0 Å². The van der Waals surface area contributed by atoms with Gasteiger partial charge in [0, 0.05) is 19.9 Å². The average molecular weight is 358 g/mol. The van der Waals surface area contributed by atoms with Crippen molar-refractivity contribution in [1.82, 2.24) is 9.78 Å². The maximum absolute atomic E-state index is 12.2. The summed E-state index contributed by atoms with van der Waals surface area (Å²) in [5.41, 5.74) is 7.65. The Kier molecular flexibility index (Phi) is 8.19. The molecule has 1 heterocycles. The van der Waals surface area contributed by atoms with Crippen molar-refractivity contribution in [2.75, 3.05) is 6.54 Å². The number of hydrogen-bond acceptors (Lipinski definition) is 3. The third kappa shape index (κ3) is 5.55. The standard InChI is InChI=1S/C16H28BrN3O/c1-4-6-12(9-10-18)7-8-13(21)11-15-16(17)14(5-2)19-20(15)3/h12H,4-11,18H2,1-3H3. The monoisotopic (exact) mass is 357 g/mol. The molecule has 1 unspecified atom stereocenters. The zero-order valence-corrected chi connectivity index (χ0v) is 15.1. The second kappa shape index (κ2) is 9.36. The van der Waals surface area contributed by atoms with Crippen molar-refractivity contribution in [3.63, 3.8) is 0 Å².